The van der Waals surface area contributed by atoms with E-state index in [9.17, 15) is 9.50 Å². The van der Waals surface area contributed by atoms with E-state index in [1.165, 1.54) is 33.3 Å². The van der Waals surface area contributed by atoms with Crippen molar-refractivity contribution in [1.29, 1.82) is 0 Å². The molecule has 0 aliphatic carbocycles. The molecule has 32 heavy (non-hydrogen) atoms. The molecule has 11 heteroatoms. The number of halogens is 1. The fourth-order valence-electron chi connectivity index (χ4n) is 2.98. The van der Waals surface area contributed by atoms with Gasteiger partial charge in [-0.15, -0.1) is 0 Å². The average molecular weight is 462 g/mol. The fourth-order valence-corrected chi connectivity index (χ4v) is 3.43. The number of aromatic nitrogens is 2. The molecule has 1 heterocycles. The molecular weight excluding hydrogens is 437 g/mol. The van der Waals surface area contributed by atoms with Gasteiger partial charge < -0.3 is 34.7 Å². The molecular formula is C21H24FN5O4S. The summed E-state index contributed by atoms with van der Waals surface area (Å²) in [6, 6.07) is 8.66. The van der Waals surface area contributed by atoms with Crippen LogP contribution in [0.15, 0.2) is 36.5 Å². The minimum atomic E-state index is -0.634. The summed E-state index contributed by atoms with van der Waals surface area (Å²) in [5.74, 6) is 0.826. The first-order valence-corrected chi connectivity index (χ1v) is 10.6. The number of anilines is 5. The van der Waals surface area contributed by atoms with Gasteiger partial charge >= 0.3 is 0 Å². The Balaban J connectivity index is 1.92. The van der Waals surface area contributed by atoms with Crippen LogP contribution >= 0.6 is 11.9 Å². The first kappa shape index (κ1) is 23.2. The third kappa shape index (κ3) is 5.06. The van der Waals surface area contributed by atoms with Gasteiger partial charge in [-0.25, -0.2) is 9.37 Å². The van der Waals surface area contributed by atoms with E-state index in [0.29, 0.717) is 39.9 Å². The minimum Gasteiger partial charge on any atom is -0.493 e. The Kier molecular flexibility index (Phi) is 7.79. The van der Waals surface area contributed by atoms with Gasteiger partial charge in [0, 0.05) is 29.6 Å². The highest BCUT2D eigenvalue weighted by atomic mass is 32.2. The van der Waals surface area contributed by atoms with Gasteiger partial charge in [-0.1, -0.05) is 24.1 Å². The lowest BCUT2D eigenvalue weighted by Crippen LogP contribution is -2.06. The molecule has 0 bridgehead atoms. The van der Waals surface area contributed by atoms with E-state index < -0.39 is 5.82 Å². The Bertz CT molecular complexity index is 1060. The van der Waals surface area contributed by atoms with Crippen LogP contribution in [-0.4, -0.2) is 42.7 Å². The average Bonchev–Trinajstić information content (AvgIpc) is 2.81. The third-order valence-electron chi connectivity index (χ3n) is 4.44. The molecule has 0 atom stereocenters. The molecule has 0 aliphatic heterocycles. The number of rotatable bonds is 10. The lowest BCUT2D eigenvalue weighted by atomic mass is 10.1. The van der Waals surface area contributed by atoms with Gasteiger partial charge in [-0.2, -0.15) is 4.98 Å². The van der Waals surface area contributed by atoms with Crippen molar-refractivity contribution in [2.75, 3.05) is 42.9 Å². The van der Waals surface area contributed by atoms with Gasteiger partial charge in [0.15, 0.2) is 23.1 Å². The maximum atomic E-state index is 14.5. The lowest BCUT2D eigenvalue weighted by Gasteiger charge is -2.16. The quantitative estimate of drug-likeness (QED) is 0.326. The first-order chi connectivity index (χ1) is 15.5. The Morgan fingerprint density at radius 3 is 2.38 bits per heavy atom. The van der Waals surface area contributed by atoms with Crippen LogP contribution in [0, 0.1) is 5.82 Å². The number of methoxy groups -OCH3 is 3. The Morgan fingerprint density at radius 1 is 1.06 bits per heavy atom. The predicted octanol–water partition coefficient (Wildman–Crippen LogP) is 4.31. The van der Waals surface area contributed by atoms with Crippen LogP contribution in [0.25, 0.3) is 0 Å². The lowest BCUT2D eigenvalue weighted by molar-refractivity contribution is 0.282. The smallest absolute Gasteiger partial charge is 0.229 e. The van der Waals surface area contributed by atoms with E-state index in [1.54, 1.807) is 30.3 Å². The fraction of sp³-hybridized carbons (Fsp3) is 0.238. The second-order valence-electron chi connectivity index (χ2n) is 6.36. The molecule has 0 unspecified atom stereocenters. The number of nitrogens with zero attached hydrogens (tertiary/aromatic N) is 2. The molecule has 4 N–H and O–H groups in total. The van der Waals surface area contributed by atoms with E-state index in [1.807, 2.05) is 6.26 Å². The van der Waals surface area contributed by atoms with Gasteiger partial charge in [0.2, 0.25) is 11.7 Å². The van der Waals surface area contributed by atoms with Crippen molar-refractivity contribution >= 4 is 40.8 Å². The zero-order valence-electron chi connectivity index (χ0n) is 18.0. The van der Waals surface area contributed by atoms with E-state index in [0.717, 1.165) is 6.20 Å². The van der Waals surface area contributed by atoms with Gasteiger partial charge in [0.1, 0.15) is 0 Å². The van der Waals surface area contributed by atoms with Crippen molar-refractivity contribution in [1.82, 2.24) is 9.97 Å². The summed E-state index contributed by atoms with van der Waals surface area (Å²) in [5, 5.41) is 15.6. The summed E-state index contributed by atoms with van der Waals surface area (Å²) in [4.78, 5) is 8.27. The molecule has 0 saturated heterocycles. The van der Waals surface area contributed by atoms with E-state index in [2.05, 4.69) is 25.3 Å². The van der Waals surface area contributed by atoms with Crippen molar-refractivity contribution in [3.8, 4) is 17.2 Å². The summed E-state index contributed by atoms with van der Waals surface area (Å²) in [5.41, 5.74) is 2.42. The van der Waals surface area contributed by atoms with Crippen LogP contribution in [-0.2, 0) is 6.61 Å². The molecule has 0 aliphatic rings. The molecule has 0 fully saturated rings. The Labute approximate surface area is 189 Å². The standard InChI is InChI=1S/C21H24FN5O4S/c1-29-16-8-13(9-17(30-2)19(16)31-3)24-21-23-10-14(22)20(26-21)25-15-7-5-6-12(11-28)18(15)27-32-4/h5-10,27-28H,11H2,1-4H3,(H2,23,24,25,26). The first-order valence-electron chi connectivity index (χ1n) is 9.42. The third-order valence-corrected chi connectivity index (χ3v) is 4.85. The van der Waals surface area contributed by atoms with Crippen LogP contribution in [0.4, 0.5) is 33.2 Å². The number of benzene rings is 2. The number of ether oxygens (including phenoxy) is 3. The maximum absolute atomic E-state index is 14.5. The van der Waals surface area contributed by atoms with Crippen LogP contribution in [0.2, 0.25) is 0 Å². The second kappa shape index (κ2) is 10.7. The predicted molar refractivity (Wildman–Crippen MR) is 124 cm³/mol. The molecule has 2 aromatic carbocycles. The highest BCUT2D eigenvalue weighted by Crippen LogP contribution is 2.40. The number of hydrogen-bond donors (Lipinski definition) is 4. The van der Waals surface area contributed by atoms with Crippen LogP contribution in [0.1, 0.15) is 5.56 Å². The van der Waals surface area contributed by atoms with E-state index >= 15 is 0 Å². The normalized spacial score (nSPS) is 10.4. The summed E-state index contributed by atoms with van der Waals surface area (Å²) >= 11 is 1.35. The van der Waals surface area contributed by atoms with Gasteiger partial charge in [0.25, 0.3) is 0 Å². The SMILES string of the molecule is COc1cc(Nc2ncc(F)c(Nc3cccc(CO)c3NSC)n2)cc(OC)c1OC. The van der Waals surface area contributed by atoms with Crippen LogP contribution in [0.5, 0.6) is 17.2 Å². The molecule has 3 rings (SSSR count). The number of para-hydroxylation sites is 1. The van der Waals surface area contributed by atoms with Crippen LogP contribution in [0.3, 0.4) is 0 Å². The molecule has 3 aromatic rings. The molecule has 9 nitrogen and oxygen atoms in total. The Hall–Kier alpha value is -3.44. The number of aliphatic hydroxyl groups is 1. The highest BCUT2D eigenvalue weighted by Gasteiger charge is 2.16. The van der Waals surface area contributed by atoms with Gasteiger partial charge in [-0.05, 0) is 6.07 Å². The van der Waals surface area contributed by atoms with Gasteiger partial charge in [0.05, 0.1) is 45.5 Å². The van der Waals surface area contributed by atoms with Crippen molar-refractivity contribution in [3.63, 3.8) is 0 Å². The summed E-state index contributed by atoms with van der Waals surface area (Å²) in [7, 11) is 4.54. The molecule has 0 radical (unpaired) electrons. The molecule has 1 aromatic heterocycles. The number of aliphatic hydroxyl groups excluding tert-OH is 1. The summed E-state index contributed by atoms with van der Waals surface area (Å²) in [6.07, 6.45) is 2.91. The zero-order valence-corrected chi connectivity index (χ0v) is 18.8. The molecule has 0 saturated carbocycles. The molecule has 0 amide bonds. The molecule has 0 spiro atoms. The monoisotopic (exact) mass is 461 g/mol. The number of hydrogen-bond acceptors (Lipinski definition) is 10. The van der Waals surface area contributed by atoms with Crippen molar-refractivity contribution in [2.45, 2.75) is 6.61 Å². The second-order valence-corrected chi connectivity index (χ2v) is 6.97. The summed E-state index contributed by atoms with van der Waals surface area (Å²) in [6.45, 7) is -0.168. The highest BCUT2D eigenvalue weighted by molar-refractivity contribution is 7.99. The van der Waals surface area contributed by atoms with Crippen molar-refractivity contribution in [2.24, 2.45) is 0 Å². The van der Waals surface area contributed by atoms with Crippen molar-refractivity contribution in [3.05, 3.63) is 47.9 Å². The van der Waals surface area contributed by atoms with E-state index in [4.69, 9.17) is 14.2 Å². The van der Waals surface area contributed by atoms with Crippen molar-refractivity contribution < 1.29 is 23.7 Å². The van der Waals surface area contributed by atoms with Crippen LogP contribution < -0.4 is 29.6 Å². The maximum Gasteiger partial charge on any atom is 0.229 e. The topological polar surface area (TPSA) is 110 Å². The molecule has 170 valence electrons. The van der Waals surface area contributed by atoms with Gasteiger partial charge in [-0.3, -0.25) is 0 Å². The number of nitrogens with one attached hydrogen (secondary N) is 3. The summed E-state index contributed by atoms with van der Waals surface area (Å²) < 4.78 is 33.6. The minimum absolute atomic E-state index is 0.0332. The van der Waals surface area contributed by atoms with E-state index in [-0.39, 0.29) is 18.4 Å². The zero-order chi connectivity index (χ0) is 23.1. The largest absolute Gasteiger partial charge is 0.493 e. The Morgan fingerprint density at radius 2 is 1.78 bits per heavy atom.